The zero-order chi connectivity index (χ0) is 20.6. The summed E-state index contributed by atoms with van der Waals surface area (Å²) in [6, 6.07) is 20.1. The third-order valence-corrected chi connectivity index (χ3v) is 4.47. The predicted molar refractivity (Wildman–Crippen MR) is 114 cm³/mol. The van der Waals surface area contributed by atoms with Gasteiger partial charge in [-0.15, -0.1) is 0 Å². The highest BCUT2D eigenvalue weighted by atomic mass is 16.5. The number of carbonyl (C=O) groups is 1. The first-order chi connectivity index (χ1) is 14.1. The van der Waals surface area contributed by atoms with Crippen LogP contribution in [0.5, 0.6) is 0 Å². The predicted octanol–water partition coefficient (Wildman–Crippen LogP) is 4.13. The first kappa shape index (κ1) is 20.5. The van der Waals surface area contributed by atoms with Crippen LogP contribution in [0.4, 0.5) is 5.82 Å². The van der Waals surface area contributed by atoms with Crippen molar-refractivity contribution >= 4 is 11.8 Å². The quantitative estimate of drug-likeness (QED) is 0.553. The van der Waals surface area contributed by atoms with Gasteiger partial charge in [0.25, 0.3) is 0 Å². The van der Waals surface area contributed by atoms with Gasteiger partial charge in [0, 0.05) is 23.7 Å². The van der Waals surface area contributed by atoms with Gasteiger partial charge >= 0.3 is 5.97 Å². The summed E-state index contributed by atoms with van der Waals surface area (Å²) in [4.78, 5) is 22.4. The monoisotopic (exact) mass is 391 g/mol. The van der Waals surface area contributed by atoms with E-state index in [2.05, 4.69) is 18.7 Å². The molecule has 0 aliphatic carbocycles. The first-order valence-electron chi connectivity index (χ1n) is 9.60. The summed E-state index contributed by atoms with van der Waals surface area (Å²) in [5, 5.41) is 8.75. The molecule has 1 N–H and O–H groups in total. The van der Waals surface area contributed by atoms with Gasteiger partial charge in [-0.2, -0.15) is 0 Å². The number of carboxylic acids is 1. The molecule has 0 spiro atoms. The summed E-state index contributed by atoms with van der Waals surface area (Å²) < 4.78 is 5.22. The second-order valence-corrected chi connectivity index (χ2v) is 6.89. The molecule has 1 heterocycles. The van der Waals surface area contributed by atoms with Crippen LogP contribution in [-0.2, 0) is 9.53 Å². The Morgan fingerprint density at radius 2 is 1.59 bits per heavy atom. The molecule has 1 aromatic heterocycles. The number of aromatic nitrogens is 2. The maximum Gasteiger partial charge on any atom is 0.329 e. The molecule has 0 bridgehead atoms. The van der Waals surface area contributed by atoms with Crippen LogP contribution < -0.4 is 4.90 Å². The minimum Gasteiger partial charge on any atom is -0.480 e. The second-order valence-electron chi connectivity index (χ2n) is 6.89. The van der Waals surface area contributed by atoms with Crippen LogP contribution in [0.25, 0.3) is 22.5 Å². The molecule has 3 aromatic rings. The highest BCUT2D eigenvalue weighted by molar-refractivity contribution is 5.78. The Labute approximate surface area is 170 Å². The van der Waals surface area contributed by atoms with Gasteiger partial charge in [0.1, 0.15) is 12.4 Å². The zero-order valence-electron chi connectivity index (χ0n) is 16.7. The van der Waals surface area contributed by atoms with E-state index < -0.39 is 5.97 Å². The van der Waals surface area contributed by atoms with E-state index in [4.69, 9.17) is 19.8 Å². The van der Waals surface area contributed by atoms with E-state index in [0.717, 1.165) is 28.3 Å². The number of anilines is 1. The summed E-state index contributed by atoms with van der Waals surface area (Å²) >= 11 is 0. The molecule has 0 saturated heterocycles. The molecule has 150 valence electrons. The lowest BCUT2D eigenvalue weighted by molar-refractivity contribution is -0.142. The van der Waals surface area contributed by atoms with E-state index in [1.165, 1.54) is 0 Å². The van der Waals surface area contributed by atoms with Gasteiger partial charge in [-0.05, 0) is 13.8 Å². The van der Waals surface area contributed by atoms with Crippen molar-refractivity contribution in [3.8, 4) is 22.5 Å². The molecule has 0 aliphatic heterocycles. The minimum atomic E-state index is -0.973. The lowest BCUT2D eigenvalue weighted by Crippen LogP contribution is -2.35. The van der Waals surface area contributed by atoms with Gasteiger partial charge in [-0.1, -0.05) is 60.7 Å². The molecule has 29 heavy (non-hydrogen) atoms. The molecule has 0 fully saturated rings. The van der Waals surface area contributed by atoms with Gasteiger partial charge in [0.15, 0.2) is 0 Å². The topological polar surface area (TPSA) is 75.5 Å². The van der Waals surface area contributed by atoms with Gasteiger partial charge in [0.2, 0.25) is 0 Å². The smallest absolute Gasteiger partial charge is 0.329 e. The molecule has 6 nitrogen and oxygen atoms in total. The third-order valence-electron chi connectivity index (χ3n) is 4.47. The van der Waals surface area contributed by atoms with E-state index in [9.17, 15) is 4.79 Å². The Kier molecular flexibility index (Phi) is 6.92. The number of hydrogen-bond donors (Lipinski definition) is 1. The van der Waals surface area contributed by atoms with Crippen molar-refractivity contribution in [2.24, 2.45) is 0 Å². The summed E-state index contributed by atoms with van der Waals surface area (Å²) in [7, 11) is 0. The molecule has 0 saturated carbocycles. The molecule has 2 aromatic carbocycles. The molecular weight excluding hydrogens is 366 g/mol. The normalized spacial score (nSPS) is 10.9. The Balaban J connectivity index is 1.96. The van der Waals surface area contributed by atoms with Crippen LogP contribution in [-0.4, -0.2) is 46.8 Å². The van der Waals surface area contributed by atoms with E-state index in [1.54, 1.807) is 6.20 Å². The van der Waals surface area contributed by atoms with Crippen molar-refractivity contribution in [1.82, 2.24) is 9.97 Å². The van der Waals surface area contributed by atoms with Crippen LogP contribution in [0.15, 0.2) is 66.9 Å². The number of benzene rings is 2. The molecule has 0 radical (unpaired) electrons. The Bertz CT molecular complexity index is 931. The zero-order valence-corrected chi connectivity index (χ0v) is 16.7. The number of ether oxygens (including phenoxy) is 1. The van der Waals surface area contributed by atoms with E-state index in [0.29, 0.717) is 13.2 Å². The summed E-state index contributed by atoms with van der Waals surface area (Å²) in [6.07, 6.45) is 1.77. The van der Waals surface area contributed by atoms with Crippen molar-refractivity contribution in [1.29, 1.82) is 0 Å². The van der Waals surface area contributed by atoms with Gasteiger partial charge in [-0.25, -0.2) is 9.78 Å². The maximum atomic E-state index is 10.7. The SMILES string of the molecule is CC(C)N(CCOCC(=O)O)c1cnc(-c2ccccc2)c(-c2ccccc2)n1. The van der Waals surface area contributed by atoms with Crippen LogP contribution >= 0.6 is 0 Å². The molecule has 3 rings (SSSR count). The van der Waals surface area contributed by atoms with Crippen LogP contribution in [0.3, 0.4) is 0 Å². The van der Waals surface area contributed by atoms with Crippen molar-refractivity contribution in [3.05, 3.63) is 66.9 Å². The number of aliphatic carboxylic acids is 1. The van der Waals surface area contributed by atoms with Crippen LogP contribution in [0.1, 0.15) is 13.8 Å². The molecule has 0 atom stereocenters. The highest BCUT2D eigenvalue weighted by Crippen LogP contribution is 2.30. The number of rotatable bonds is 9. The number of nitrogens with zero attached hydrogens (tertiary/aromatic N) is 3. The fraction of sp³-hybridized carbons (Fsp3) is 0.261. The largest absolute Gasteiger partial charge is 0.480 e. The van der Waals surface area contributed by atoms with Crippen molar-refractivity contribution in [3.63, 3.8) is 0 Å². The number of hydrogen-bond acceptors (Lipinski definition) is 5. The van der Waals surface area contributed by atoms with Gasteiger partial charge in [-0.3, -0.25) is 4.98 Å². The highest BCUT2D eigenvalue weighted by Gasteiger charge is 2.17. The minimum absolute atomic E-state index is 0.156. The first-order valence-corrected chi connectivity index (χ1v) is 9.60. The average molecular weight is 391 g/mol. The van der Waals surface area contributed by atoms with E-state index >= 15 is 0 Å². The maximum absolute atomic E-state index is 10.7. The fourth-order valence-electron chi connectivity index (χ4n) is 3.08. The Hall–Kier alpha value is -3.25. The molecule has 0 unspecified atom stereocenters. The molecular formula is C23H25N3O3. The fourth-order valence-corrected chi connectivity index (χ4v) is 3.08. The Morgan fingerprint density at radius 3 is 2.14 bits per heavy atom. The molecule has 0 amide bonds. The van der Waals surface area contributed by atoms with Crippen molar-refractivity contribution in [2.45, 2.75) is 19.9 Å². The van der Waals surface area contributed by atoms with Crippen LogP contribution in [0, 0.1) is 0 Å². The second kappa shape index (κ2) is 9.80. The number of carboxylic acid groups (broad SMARTS) is 1. The van der Waals surface area contributed by atoms with E-state index in [1.807, 2.05) is 60.7 Å². The van der Waals surface area contributed by atoms with Crippen molar-refractivity contribution < 1.29 is 14.6 Å². The van der Waals surface area contributed by atoms with Gasteiger partial charge in [0.05, 0.1) is 24.2 Å². The van der Waals surface area contributed by atoms with Gasteiger partial charge < -0.3 is 14.7 Å². The molecule has 6 heteroatoms. The standard InChI is InChI=1S/C23H25N3O3/c1-17(2)26(13-14-29-16-21(27)28)20-15-24-22(18-9-5-3-6-10-18)23(25-20)19-11-7-4-8-12-19/h3-12,15,17H,13-14,16H2,1-2H3,(H,27,28). The summed E-state index contributed by atoms with van der Waals surface area (Å²) in [5.41, 5.74) is 3.63. The average Bonchev–Trinajstić information content (AvgIpc) is 2.74. The summed E-state index contributed by atoms with van der Waals surface area (Å²) in [6.45, 7) is 4.64. The lowest BCUT2D eigenvalue weighted by Gasteiger charge is -2.28. The summed E-state index contributed by atoms with van der Waals surface area (Å²) in [5.74, 6) is -0.239. The third kappa shape index (κ3) is 5.39. The van der Waals surface area contributed by atoms with E-state index in [-0.39, 0.29) is 12.6 Å². The lowest BCUT2D eigenvalue weighted by atomic mass is 10.0. The Morgan fingerprint density at radius 1 is 1.00 bits per heavy atom. The molecule has 0 aliphatic rings. The van der Waals surface area contributed by atoms with Crippen LogP contribution in [0.2, 0.25) is 0 Å². The van der Waals surface area contributed by atoms with Crippen molar-refractivity contribution in [2.75, 3.05) is 24.7 Å².